The van der Waals surface area contributed by atoms with E-state index < -0.39 is 0 Å². The van der Waals surface area contributed by atoms with Gasteiger partial charge in [0.15, 0.2) is 0 Å². The Hall–Kier alpha value is -0.0400. The van der Waals surface area contributed by atoms with Crippen LogP contribution in [0.2, 0.25) is 0 Å². The van der Waals surface area contributed by atoms with Gasteiger partial charge in [-0.3, -0.25) is 0 Å². The van der Waals surface area contributed by atoms with Crippen molar-refractivity contribution in [3.63, 3.8) is 0 Å². The maximum Gasteiger partial charge on any atom is 0.0121 e. The summed E-state index contributed by atoms with van der Waals surface area (Å²) in [4.78, 5) is 0. The standard InChI is InChI=1S/C14H29N/c1-5-7-9-12(6-2)15-13-10-8-11-14(13,3)4/h12-13,15H,5-11H2,1-4H3. The SMILES string of the molecule is CCCCC(CC)NC1CCCC1(C)C. The molecule has 1 aliphatic carbocycles. The van der Waals surface area contributed by atoms with E-state index in [4.69, 9.17) is 0 Å². The molecule has 0 radical (unpaired) electrons. The van der Waals surface area contributed by atoms with Crippen molar-refractivity contribution < 1.29 is 0 Å². The molecule has 1 heteroatoms. The summed E-state index contributed by atoms with van der Waals surface area (Å²) in [5.74, 6) is 0. The molecule has 0 aromatic heterocycles. The van der Waals surface area contributed by atoms with Gasteiger partial charge in [0.05, 0.1) is 0 Å². The second-order valence-corrected chi connectivity index (χ2v) is 5.85. The number of hydrogen-bond donors (Lipinski definition) is 1. The van der Waals surface area contributed by atoms with E-state index in [-0.39, 0.29) is 0 Å². The zero-order valence-corrected chi connectivity index (χ0v) is 11.1. The summed E-state index contributed by atoms with van der Waals surface area (Å²) >= 11 is 0. The molecular formula is C14H29N. The molecule has 1 N–H and O–H groups in total. The molecule has 2 unspecified atom stereocenters. The number of unbranched alkanes of at least 4 members (excludes halogenated alkanes) is 1. The minimum atomic E-state index is 0.527. The third kappa shape index (κ3) is 3.79. The maximum atomic E-state index is 3.89. The Morgan fingerprint density at radius 2 is 2.07 bits per heavy atom. The zero-order chi connectivity index (χ0) is 11.3. The highest BCUT2D eigenvalue weighted by molar-refractivity contribution is 4.91. The van der Waals surface area contributed by atoms with Crippen LogP contribution in [0, 0.1) is 5.41 Å². The Labute approximate surface area is 96.0 Å². The molecule has 1 rings (SSSR count). The van der Waals surface area contributed by atoms with Crippen LogP contribution in [0.3, 0.4) is 0 Å². The zero-order valence-electron chi connectivity index (χ0n) is 11.1. The smallest absolute Gasteiger partial charge is 0.0121 e. The molecule has 15 heavy (non-hydrogen) atoms. The summed E-state index contributed by atoms with van der Waals surface area (Å²) in [7, 11) is 0. The van der Waals surface area contributed by atoms with Crippen LogP contribution < -0.4 is 5.32 Å². The molecule has 0 aromatic rings. The fourth-order valence-electron chi connectivity index (χ4n) is 2.78. The van der Waals surface area contributed by atoms with Crippen LogP contribution in [0.4, 0.5) is 0 Å². The Morgan fingerprint density at radius 3 is 2.53 bits per heavy atom. The third-order valence-corrected chi connectivity index (χ3v) is 4.09. The van der Waals surface area contributed by atoms with Crippen molar-refractivity contribution >= 4 is 0 Å². The molecule has 0 heterocycles. The van der Waals surface area contributed by atoms with E-state index in [0.29, 0.717) is 5.41 Å². The summed E-state index contributed by atoms with van der Waals surface area (Å²) in [5, 5.41) is 3.89. The Morgan fingerprint density at radius 1 is 1.33 bits per heavy atom. The van der Waals surface area contributed by atoms with Gasteiger partial charge in [-0.2, -0.15) is 0 Å². The molecule has 90 valence electrons. The minimum Gasteiger partial charge on any atom is -0.311 e. The Bertz CT molecular complexity index is 174. The monoisotopic (exact) mass is 211 g/mol. The Balaban J connectivity index is 2.37. The first-order valence-corrected chi connectivity index (χ1v) is 6.86. The van der Waals surface area contributed by atoms with Gasteiger partial charge in [-0.1, -0.05) is 47.0 Å². The molecule has 1 aliphatic rings. The lowest BCUT2D eigenvalue weighted by Gasteiger charge is -2.32. The minimum absolute atomic E-state index is 0.527. The van der Waals surface area contributed by atoms with Crippen LogP contribution in [0.15, 0.2) is 0 Å². The summed E-state index contributed by atoms with van der Waals surface area (Å²) in [6.07, 6.45) is 9.54. The number of rotatable bonds is 6. The molecule has 0 spiro atoms. The van der Waals surface area contributed by atoms with E-state index in [1.54, 1.807) is 0 Å². The van der Waals surface area contributed by atoms with E-state index >= 15 is 0 Å². The predicted octanol–water partition coefficient (Wildman–Crippen LogP) is 4.12. The quantitative estimate of drug-likeness (QED) is 0.697. The van der Waals surface area contributed by atoms with Gasteiger partial charge >= 0.3 is 0 Å². The topological polar surface area (TPSA) is 12.0 Å². The first-order valence-electron chi connectivity index (χ1n) is 6.86. The van der Waals surface area contributed by atoms with Gasteiger partial charge in [-0.15, -0.1) is 0 Å². The lowest BCUT2D eigenvalue weighted by molar-refractivity contribution is 0.252. The molecule has 0 saturated heterocycles. The van der Waals surface area contributed by atoms with Crippen LogP contribution in [-0.2, 0) is 0 Å². The lowest BCUT2D eigenvalue weighted by atomic mass is 9.86. The molecule has 0 bridgehead atoms. The van der Waals surface area contributed by atoms with Gasteiger partial charge in [-0.05, 0) is 31.1 Å². The van der Waals surface area contributed by atoms with Gasteiger partial charge in [0.2, 0.25) is 0 Å². The summed E-state index contributed by atoms with van der Waals surface area (Å²) in [6, 6.07) is 1.52. The summed E-state index contributed by atoms with van der Waals surface area (Å²) in [6.45, 7) is 9.44. The van der Waals surface area contributed by atoms with Crippen LogP contribution in [0.5, 0.6) is 0 Å². The van der Waals surface area contributed by atoms with Crippen molar-refractivity contribution in [1.82, 2.24) is 5.32 Å². The Kier molecular flexibility index (Phi) is 5.11. The van der Waals surface area contributed by atoms with Gasteiger partial charge in [0.25, 0.3) is 0 Å². The highest BCUT2D eigenvalue weighted by Crippen LogP contribution is 2.37. The van der Waals surface area contributed by atoms with Crippen LogP contribution in [0.25, 0.3) is 0 Å². The van der Waals surface area contributed by atoms with Crippen LogP contribution >= 0.6 is 0 Å². The molecule has 1 nitrogen and oxygen atoms in total. The second kappa shape index (κ2) is 5.89. The fourth-order valence-corrected chi connectivity index (χ4v) is 2.78. The third-order valence-electron chi connectivity index (χ3n) is 4.09. The number of hydrogen-bond acceptors (Lipinski definition) is 1. The van der Waals surface area contributed by atoms with Crippen molar-refractivity contribution in [3.05, 3.63) is 0 Å². The molecular weight excluding hydrogens is 182 g/mol. The molecule has 2 atom stereocenters. The van der Waals surface area contributed by atoms with Crippen molar-refractivity contribution in [2.45, 2.75) is 84.7 Å². The van der Waals surface area contributed by atoms with E-state index in [0.717, 1.165) is 12.1 Å². The largest absolute Gasteiger partial charge is 0.311 e. The summed E-state index contributed by atoms with van der Waals surface area (Å²) in [5.41, 5.74) is 0.527. The molecule has 0 aromatic carbocycles. The molecule has 1 saturated carbocycles. The average Bonchev–Trinajstić information content (AvgIpc) is 2.52. The van der Waals surface area contributed by atoms with Crippen molar-refractivity contribution in [2.24, 2.45) is 5.41 Å². The van der Waals surface area contributed by atoms with Gasteiger partial charge in [0.1, 0.15) is 0 Å². The molecule has 1 fully saturated rings. The van der Waals surface area contributed by atoms with Gasteiger partial charge in [0, 0.05) is 12.1 Å². The first-order chi connectivity index (χ1) is 7.10. The van der Waals surface area contributed by atoms with Crippen LogP contribution in [-0.4, -0.2) is 12.1 Å². The predicted molar refractivity (Wildman–Crippen MR) is 68.2 cm³/mol. The van der Waals surface area contributed by atoms with Crippen molar-refractivity contribution in [1.29, 1.82) is 0 Å². The van der Waals surface area contributed by atoms with E-state index in [1.807, 2.05) is 0 Å². The first kappa shape index (κ1) is 13.0. The van der Waals surface area contributed by atoms with E-state index in [1.165, 1.54) is 44.9 Å². The maximum absolute atomic E-state index is 3.89. The molecule has 0 aliphatic heterocycles. The normalized spacial score (nSPS) is 26.8. The average molecular weight is 211 g/mol. The van der Waals surface area contributed by atoms with Crippen LogP contribution in [0.1, 0.15) is 72.6 Å². The van der Waals surface area contributed by atoms with Gasteiger partial charge in [-0.25, -0.2) is 0 Å². The van der Waals surface area contributed by atoms with Crippen molar-refractivity contribution in [3.8, 4) is 0 Å². The highest BCUT2D eigenvalue weighted by Gasteiger charge is 2.34. The van der Waals surface area contributed by atoms with E-state index in [9.17, 15) is 0 Å². The number of nitrogens with one attached hydrogen (secondary N) is 1. The second-order valence-electron chi connectivity index (χ2n) is 5.85. The highest BCUT2D eigenvalue weighted by atomic mass is 15.0. The van der Waals surface area contributed by atoms with Crippen molar-refractivity contribution in [2.75, 3.05) is 0 Å². The van der Waals surface area contributed by atoms with Gasteiger partial charge < -0.3 is 5.32 Å². The molecule has 0 amide bonds. The lowest BCUT2D eigenvalue weighted by Crippen LogP contribution is -2.43. The summed E-state index contributed by atoms with van der Waals surface area (Å²) < 4.78 is 0. The fraction of sp³-hybridized carbons (Fsp3) is 1.00. The van der Waals surface area contributed by atoms with E-state index in [2.05, 4.69) is 33.0 Å².